The summed E-state index contributed by atoms with van der Waals surface area (Å²) in [5.41, 5.74) is 1.01. The van der Waals surface area contributed by atoms with Gasteiger partial charge in [-0.25, -0.2) is 12.8 Å². The largest absolute Gasteiger partial charge is 0.456 e. The van der Waals surface area contributed by atoms with Crippen LogP contribution in [0.1, 0.15) is 12.0 Å². The van der Waals surface area contributed by atoms with Gasteiger partial charge in [0.25, 0.3) is 5.91 Å². The SMILES string of the molecule is O=C(CCc1ccccc1)OCC(=O)N1CCN(S(=O)(=O)c2ccc(F)cc2)CC1. The number of aryl methyl sites for hydroxylation is 1. The smallest absolute Gasteiger partial charge is 0.306 e. The second-order valence-corrected chi connectivity index (χ2v) is 8.82. The number of piperazine rings is 1. The lowest BCUT2D eigenvalue weighted by Gasteiger charge is -2.33. The van der Waals surface area contributed by atoms with Crippen molar-refractivity contribution < 1.29 is 27.1 Å². The van der Waals surface area contributed by atoms with Gasteiger partial charge in [-0.2, -0.15) is 4.31 Å². The number of hydrogen-bond acceptors (Lipinski definition) is 5. The van der Waals surface area contributed by atoms with Crippen LogP contribution in [0.5, 0.6) is 0 Å². The first-order chi connectivity index (χ1) is 14.4. The Labute approximate surface area is 175 Å². The first-order valence-electron chi connectivity index (χ1n) is 9.59. The first kappa shape index (κ1) is 21.9. The van der Waals surface area contributed by atoms with Gasteiger partial charge in [0.05, 0.1) is 4.90 Å². The maximum atomic E-state index is 13.0. The van der Waals surface area contributed by atoms with Gasteiger partial charge in [-0.15, -0.1) is 0 Å². The quantitative estimate of drug-likeness (QED) is 0.621. The zero-order valence-electron chi connectivity index (χ0n) is 16.4. The normalized spacial score (nSPS) is 15.0. The molecule has 160 valence electrons. The molecule has 1 aliphatic heterocycles. The summed E-state index contributed by atoms with van der Waals surface area (Å²) in [6.07, 6.45) is 0.717. The van der Waals surface area contributed by atoms with Crippen LogP contribution in [0.25, 0.3) is 0 Å². The van der Waals surface area contributed by atoms with Crippen molar-refractivity contribution in [2.75, 3.05) is 32.8 Å². The average Bonchev–Trinajstić information content (AvgIpc) is 2.77. The van der Waals surface area contributed by atoms with Gasteiger partial charge in [0.2, 0.25) is 10.0 Å². The van der Waals surface area contributed by atoms with Crippen molar-refractivity contribution in [2.24, 2.45) is 0 Å². The fraction of sp³-hybridized carbons (Fsp3) is 0.333. The number of hydrogen-bond donors (Lipinski definition) is 0. The average molecular weight is 434 g/mol. The minimum absolute atomic E-state index is 0.0102. The van der Waals surface area contributed by atoms with Gasteiger partial charge in [-0.1, -0.05) is 30.3 Å². The maximum Gasteiger partial charge on any atom is 0.306 e. The zero-order valence-corrected chi connectivity index (χ0v) is 17.2. The third-order valence-corrected chi connectivity index (χ3v) is 6.77. The van der Waals surface area contributed by atoms with Crippen LogP contribution < -0.4 is 0 Å². The van der Waals surface area contributed by atoms with Gasteiger partial charge < -0.3 is 9.64 Å². The van der Waals surface area contributed by atoms with E-state index in [-0.39, 0.29) is 50.0 Å². The van der Waals surface area contributed by atoms with Crippen LogP contribution in [0.15, 0.2) is 59.5 Å². The van der Waals surface area contributed by atoms with E-state index in [0.717, 1.165) is 17.7 Å². The number of benzene rings is 2. The number of halogens is 1. The Balaban J connectivity index is 1.43. The summed E-state index contributed by atoms with van der Waals surface area (Å²) in [7, 11) is -3.74. The van der Waals surface area contributed by atoms with Crippen LogP contribution in [0.3, 0.4) is 0 Å². The highest BCUT2D eigenvalue weighted by Gasteiger charge is 2.30. The van der Waals surface area contributed by atoms with Crippen molar-refractivity contribution in [3.05, 3.63) is 66.0 Å². The van der Waals surface area contributed by atoms with Crippen LogP contribution in [-0.2, 0) is 30.8 Å². The molecule has 0 aliphatic carbocycles. The number of esters is 1. The molecule has 0 bridgehead atoms. The lowest BCUT2D eigenvalue weighted by molar-refractivity contribution is -0.152. The Morgan fingerprint density at radius 2 is 1.57 bits per heavy atom. The molecular weight excluding hydrogens is 411 g/mol. The Bertz CT molecular complexity index is 972. The van der Waals surface area contributed by atoms with Gasteiger partial charge in [-0.05, 0) is 36.2 Å². The highest BCUT2D eigenvalue weighted by Crippen LogP contribution is 2.18. The number of rotatable bonds is 7. The van der Waals surface area contributed by atoms with Crippen LogP contribution in [-0.4, -0.2) is 62.3 Å². The van der Waals surface area contributed by atoms with Crippen molar-refractivity contribution in [3.63, 3.8) is 0 Å². The van der Waals surface area contributed by atoms with Gasteiger partial charge in [-0.3, -0.25) is 9.59 Å². The summed E-state index contributed by atoms with van der Waals surface area (Å²) < 4.78 is 44.6. The predicted molar refractivity (Wildman–Crippen MR) is 107 cm³/mol. The molecule has 2 aromatic carbocycles. The van der Waals surface area contributed by atoms with E-state index in [1.807, 2.05) is 30.3 Å². The Hall–Kier alpha value is -2.78. The van der Waals surface area contributed by atoms with Gasteiger partial charge in [0.15, 0.2) is 6.61 Å². The van der Waals surface area contributed by atoms with Crippen molar-refractivity contribution >= 4 is 21.9 Å². The van der Waals surface area contributed by atoms with Crippen LogP contribution in [0.2, 0.25) is 0 Å². The third-order valence-electron chi connectivity index (χ3n) is 4.86. The van der Waals surface area contributed by atoms with Crippen molar-refractivity contribution in [1.82, 2.24) is 9.21 Å². The Kier molecular flexibility index (Phi) is 7.17. The predicted octanol–water partition coefficient (Wildman–Crippen LogP) is 1.83. The standard InChI is InChI=1S/C21H23FN2O5S/c22-18-7-9-19(10-8-18)30(27,28)24-14-12-23(13-15-24)20(25)16-29-21(26)11-6-17-4-2-1-3-5-17/h1-5,7-10H,6,11-16H2. The summed E-state index contributed by atoms with van der Waals surface area (Å²) >= 11 is 0. The molecule has 30 heavy (non-hydrogen) atoms. The second kappa shape index (κ2) is 9.82. The van der Waals surface area contributed by atoms with Gasteiger partial charge in [0.1, 0.15) is 5.82 Å². The molecule has 0 unspecified atom stereocenters. The second-order valence-electron chi connectivity index (χ2n) is 6.89. The lowest BCUT2D eigenvalue weighted by Crippen LogP contribution is -2.51. The molecule has 1 saturated heterocycles. The summed E-state index contributed by atoms with van der Waals surface area (Å²) in [6.45, 7) is 0.265. The summed E-state index contributed by atoms with van der Waals surface area (Å²) in [5.74, 6) is -1.32. The van der Waals surface area contributed by atoms with E-state index >= 15 is 0 Å². The van der Waals surface area contributed by atoms with Crippen LogP contribution >= 0.6 is 0 Å². The molecule has 0 radical (unpaired) electrons. The monoisotopic (exact) mass is 434 g/mol. The fourth-order valence-corrected chi connectivity index (χ4v) is 4.55. The van der Waals surface area contributed by atoms with Crippen molar-refractivity contribution in [3.8, 4) is 0 Å². The minimum atomic E-state index is -3.74. The fourth-order valence-electron chi connectivity index (χ4n) is 3.13. The molecule has 1 heterocycles. The Morgan fingerprint density at radius 1 is 0.933 bits per heavy atom. The molecule has 2 aromatic rings. The molecule has 1 aliphatic rings. The first-order valence-corrected chi connectivity index (χ1v) is 11.0. The zero-order chi connectivity index (χ0) is 21.6. The van der Waals surface area contributed by atoms with E-state index in [4.69, 9.17) is 4.74 Å². The van der Waals surface area contributed by atoms with E-state index in [9.17, 15) is 22.4 Å². The summed E-state index contributed by atoms with van der Waals surface area (Å²) in [4.78, 5) is 25.6. The van der Waals surface area contributed by atoms with Crippen molar-refractivity contribution in [2.45, 2.75) is 17.7 Å². The molecule has 0 N–H and O–H groups in total. The van der Waals surface area contributed by atoms with Gasteiger partial charge >= 0.3 is 5.97 Å². The van der Waals surface area contributed by atoms with E-state index in [1.54, 1.807) is 0 Å². The Morgan fingerprint density at radius 3 is 2.20 bits per heavy atom. The highest BCUT2D eigenvalue weighted by atomic mass is 32.2. The molecular formula is C21H23FN2O5S. The third kappa shape index (κ3) is 5.64. The molecule has 0 spiro atoms. The molecule has 0 atom stereocenters. The lowest BCUT2D eigenvalue weighted by atomic mass is 10.1. The summed E-state index contributed by atoms with van der Waals surface area (Å²) in [5, 5.41) is 0. The molecule has 0 aromatic heterocycles. The number of ether oxygens (including phenoxy) is 1. The topological polar surface area (TPSA) is 84.0 Å². The van der Waals surface area contributed by atoms with E-state index in [2.05, 4.69) is 0 Å². The van der Waals surface area contributed by atoms with Crippen LogP contribution in [0, 0.1) is 5.82 Å². The number of carbonyl (C=O) groups is 2. The molecule has 1 amide bonds. The van der Waals surface area contributed by atoms with Gasteiger partial charge in [0, 0.05) is 32.6 Å². The number of sulfonamides is 1. The molecule has 9 heteroatoms. The molecule has 7 nitrogen and oxygen atoms in total. The number of carbonyl (C=O) groups excluding carboxylic acids is 2. The van der Waals surface area contributed by atoms with E-state index in [0.29, 0.717) is 6.42 Å². The number of nitrogens with zero attached hydrogens (tertiary/aromatic N) is 2. The number of amides is 1. The molecule has 1 fully saturated rings. The maximum absolute atomic E-state index is 13.0. The van der Waals surface area contributed by atoms with Crippen molar-refractivity contribution in [1.29, 1.82) is 0 Å². The minimum Gasteiger partial charge on any atom is -0.456 e. The van der Waals surface area contributed by atoms with Crippen LogP contribution in [0.4, 0.5) is 4.39 Å². The molecule has 3 rings (SSSR count). The van der Waals surface area contributed by atoms with E-state index < -0.39 is 21.8 Å². The molecule has 0 saturated carbocycles. The van der Waals surface area contributed by atoms with E-state index in [1.165, 1.54) is 21.3 Å². The highest BCUT2D eigenvalue weighted by molar-refractivity contribution is 7.89. The summed E-state index contributed by atoms with van der Waals surface area (Å²) in [6, 6.07) is 14.1.